The molecule has 0 aromatic heterocycles. The van der Waals surface area contributed by atoms with E-state index in [2.05, 4.69) is 17.4 Å². The molecule has 2 nitrogen and oxygen atoms in total. The number of nitrogens with one attached hydrogen (secondary N) is 1. The fourth-order valence-electron chi connectivity index (χ4n) is 2.39. The van der Waals surface area contributed by atoms with Crippen molar-refractivity contribution in [2.75, 3.05) is 11.9 Å². The summed E-state index contributed by atoms with van der Waals surface area (Å²) in [7, 11) is 0. The fourth-order valence-corrected chi connectivity index (χ4v) is 2.39. The van der Waals surface area contributed by atoms with E-state index in [9.17, 15) is 4.39 Å². The van der Waals surface area contributed by atoms with E-state index < -0.39 is 0 Å². The molecule has 19 heavy (non-hydrogen) atoms. The Bertz CT molecular complexity index is 543. The van der Waals surface area contributed by atoms with E-state index in [0.29, 0.717) is 5.75 Å². The first-order valence-electron chi connectivity index (χ1n) is 6.55. The van der Waals surface area contributed by atoms with E-state index in [1.165, 1.54) is 23.4 Å². The minimum atomic E-state index is -0.262. The molecule has 2 aromatic rings. The molecular weight excluding hydrogens is 241 g/mol. The van der Waals surface area contributed by atoms with Gasteiger partial charge in [-0.2, -0.15) is 0 Å². The number of hydrogen-bond acceptors (Lipinski definition) is 2. The van der Waals surface area contributed by atoms with E-state index in [0.717, 1.165) is 19.4 Å². The van der Waals surface area contributed by atoms with Crippen LogP contribution in [0.5, 0.6) is 5.75 Å². The molecule has 1 atom stereocenters. The number of ether oxygens (including phenoxy) is 1. The zero-order valence-corrected chi connectivity index (χ0v) is 10.6. The Balaban J connectivity index is 1.69. The van der Waals surface area contributed by atoms with Gasteiger partial charge in [-0.1, -0.05) is 24.3 Å². The second kappa shape index (κ2) is 5.31. The third-order valence-electron chi connectivity index (χ3n) is 3.37. The summed E-state index contributed by atoms with van der Waals surface area (Å²) < 4.78 is 19.0. The highest BCUT2D eigenvalue weighted by Crippen LogP contribution is 2.23. The van der Waals surface area contributed by atoms with Gasteiger partial charge in [0.1, 0.15) is 17.7 Å². The van der Waals surface area contributed by atoms with Gasteiger partial charge in [-0.3, -0.25) is 0 Å². The Labute approximate surface area is 112 Å². The predicted molar refractivity (Wildman–Crippen MR) is 74.1 cm³/mol. The van der Waals surface area contributed by atoms with Gasteiger partial charge >= 0.3 is 0 Å². The van der Waals surface area contributed by atoms with Crippen molar-refractivity contribution in [2.45, 2.75) is 18.9 Å². The summed E-state index contributed by atoms with van der Waals surface area (Å²) in [6, 6.07) is 14.6. The molecule has 1 aliphatic rings. The highest BCUT2D eigenvalue weighted by atomic mass is 19.1. The number of rotatable bonds is 2. The first-order chi connectivity index (χ1) is 9.31. The molecule has 0 fully saturated rings. The van der Waals surface area contributed by atoms with Crippen molar-refractivity contribution in [3.8, 4) is 5.75 Å². The van der Waals surface area contributed by atoms with Crippen molar-refractivity contribution in [1.82, 2.24) is 0 Å². The van der Waals surface area contributed by atoms with Gasteiger partial charge in [-0.05, 0) is 36.6 Å². The van der Waals surface area contributed by atoms with Crippen LogP contribution >= 0.6 is 0 Å². The summed E-state index contributed by atoms with van der Waals surface area (Å²) >= 11 is 0. The zero-order chi connectivity index (χ0) is 13.1. The topological polar surface area (TPSA) is 21.3 Å². The number of anilines is 1. The summed E-state index contributed by atoms with van der Waals surface area (Å²) in [5.41, 5.74) is 2.49. The summed E-state index contributed by atoms with van der Waals surface area (Å²) in [6.45, 7) is 0.744. The van der Waals surface area contributed by atoms with Gasteiger partial charge in [0.25, 0.3) is 0 Å². The van der Waals surface area contributed by atoms with Gasteiger partial charge in [0.15, 0.2) is 0 Å². The van der Waals surface area contributed by atoms with Gasteiger partial charge in [-0.25, -0.2) is 4.39 Å². The van der Waals surface area contributed by atoms with E-state index in [4.69, 9.17) is 4.74 Å². The van der Waals surface area contributed by atoms with Gasteiger partial charge in [-0.15, -0.1) is 0 Å². The molecule has 1 N–H and O–H groups in total. The number of aryl methyl sites for hydroxylation is 1. The lowest BCUT2D eigenvalue weighted by molar-refractivity contribution is 0.205. The van der Waals surface area contributed by atoms with Crippen LogP contribution in [0.1, 0.15) is 12.0 Å². The molecule has 0 radical (unpaired) electrons. The second-order valence-corrected chi connectivity index (χ2v) is 4.77. The van der Waals surface area contributed by atoms with Crippen molar-refractivity contribution in [3.05, 3.63) is 59.9 Å². The van der Waals surface area contributed by atoms with Crippen LogP contribution in [0.15, 0.2) is 48.5 Å². The molecule has 2 aromatic carbocycles. The van der Waals surface area contributed by atoms with Crippen LogP contribution in [0.4, 0.5) is 10.1 Å². The average molecular weight is 257 g/mol. The second-order valence-electron chi connectivity index (χ2n) is 4.77. The number of benzene rings is 2. The number of fused-ring (bicyclic) bond motifs is 1. The van der Waals surface area contributed by atoms with Gasteiger partial charge in [0.2, 0.25) is 0 Å². The van der Waals surface area contributed by atoms with Crippen molar-refractivity contribution in [2.24, 2.45) is 0 Å². The first kappa shape index (κ1) is 12.0. The molecule has 0 saturated carbocycles. The Morgan fingerprint density at radius 3 is 2.89 bits per heavy atom. The average Bonchev–Trinajstić information content (AvgIpc) is 2.62. The number of para-hydroxylation sites is 1. The van der Waals surface area contributed by atoms with Crippen LogP contribution in [0.25, 0.3) is 0 Å². The zero-order valence-electron chi connectivity index (χ0n) is 10.6. The molecule has 0 spiro atoms. The number of hydrogen-bond donors (Lipinski definition) is 1. The Hall–Kier alpha value is -2.03. The lowest BCUT2D eigenvalue weighted by atomic mass is 10.1. The first-order valence-corrected chi connectivity index (χ1v) is 6.55. The molecular formula is C16H16FNO. The van der Waals surface area contributed by atoms with Gasteiger partial charge in [0, 0.05) is 11.8 Å². The van der Waals surface area contributed by atoms with E-state index in [1.54, 1.807) is 12.1 Å². The number of halogens is 1. The van der Waals surface area contributed by atoms with Crippen molar-refractivity contribution in [1.29, 1.82) is 0 Å². The van der Waals surface area contributed by atoms with Crippen LogP contribution in [-0.2, 0) is 6.42 Å². The normalized spacial score (nSPS) is 18.1. The van der Waals surface area contributed by atoms with Crippen LogP contribution in [0.3, 0.4) is 0 Å². The Kier molecular flexibility index (Phi) is 3.36. The molecule has 0 bridgehead atoms. The van der Waals surface area contributed by atoms with E-state index in [-0.39, 0.29) is 11.9 Å². The largest absolute Gasteiger partial charge is 0.488 e. The lowest BCUT2D eigenvalue weighted by Gasteiger charge is -2.17. The highest BCUT2D eigenvalue weighted by Gasteiger charge is 2.16. The molecule has 3 rings (SSSR count). The Morgan fingerprint density at radius 2 is 2.00 bits per heavy atom. The van der Waals surface area contributed by atoms with Crippen LogP contribution < -0.4 is 10.1 Å². The molecule has 1 aliphatic heterocycles. The van der Waals surface area contributed by atoms with Crippen LogP contribution in [0.2, 0.25) is 0 Å². The van der Waals surface area contributed by atoms with E-state index >= 15 is 0 Å². The highest BCUT2D eigenvalue weighted by molar-refractivity contribution is 5.52. The predicted octanol–water partition coefficient (Wildman–Crippen LogP) is 3.63. The van der Waals surface area contributed by atoms with Crippen molar-refractivity contribution < 1.29 is 9.13 Å². The molecule has 1 heterocycles. The molecule has 0 saturated heterocycles. The third kappa shape index (κ3) is 2.87. The maximum atomic E-state index is 13.1. The molecule has 98 valence electrons. The maximum Gasteiger partial charge on any atom is 0.126 e. The SMILES string of the molecule is Fc1cccc(OC2CCc3ccccc3NC2)c1. The summed E-state index contributed by atoms with van der Waals surface area (Å²) in [4.78, 5) is 0. The van der Waals surface area contributed by atoms with Crippen molar-refractivity contribution in [3.63, 3.8) is 0 Å². The monoisotopic (exact) mass is 257 g/mol. The Morgan fingerprint density at radius 1 is 1.11 bits per heavy atom. The molecule has 1 unspecified atom stereocenters. The molecule has 3 heteroatoms. The summed E-state index contributed by atoms with van der Waals surface area (Å²) in [6.07, 6.45) is 1.97. The van der Waals surface area contributed by atoms with Crippen LogP contribution in [0, 0.1) is 5.82 Å². The maximum absolute atomic E-state index is 13.1. The van der Waals surface area contributed by atoms with Gasteiger partial charge < -0.3 is 10.1 Å². The van der Waals surface area contributed by atoms with Crippen LogP contribution in [-0.4, -0.2) is 12.6 Å². The minimum absolute atomic E-state index is 0.0641. The summed E-state index contributed by atoms with van der Waals surface area (Å²) in [5.74, 6) is 0.333. The molecule has 0 amide bonds. The molecule has 0 aliphatic carbocycles. The standard InChI is InChI=1S/C16H16FNO/c17-13-5-3-6-14(10-13)19-15-9-8-12-4-1-2-7-16(12)18-11-15/h1-7,10,15,18H,8-9,11H2. The third-order valence-corrected chi connectivity index (χ3v) is 3.37. The smallest absolute Gasteiger partial charge is 0.126 e. The lowest BCUT2D eigenvalue weighted by Crippen LogP contribution is -2.24. The van der Waals surface area contributed by atoms with Crippen molar-refractivity contribution >= 4 is 5.69 Å². The van der Waals surface area contributed by atoms with Gasteiger partial charge in [0.05, 0.1) is 6.54 Å². The quantitative estimate of drug-likeness (QED) is 0.887. The fraction of sp³-hybridized carbons (Fsp3) is 0.250. The van der Waals surface area contributed by atoms with E-state index in [1.807, 2.05) is 12.1 Å². The summed E-state index contributed by atoms with van der Waals surface area (Å²) in [5, 5.41) is 3.39. The minimum Gasteiger partial charge on any atom is -0.488 e.